The molecule has 2 amide bonds. The molecule has 0 bridgehead atoms. The third kappa shape index (κ3) is 1.71. The Morgan fingerprint density at radius 2 is 2.00 bits per heavy atom. The first-order chi connectivity index (χ1) is 9.16. The molecule has 1 fully saturated rings. The fourth-order valence-electron chi connectivity index (χ4n) is 2.46. The van der Waals surface area contributed by atoms with E-state index in [0.29, 0.717) is 24.4 Å². The molecule has 2 aliphatic heterocycles. The van der Waals surface area contributed by atoms with Crippen LogP contribution in [0.25, 0.3) is 0 Å². The molecule has 1 saturated heterocycles. The van der Waals surface area contributed by atoms with E-state index >= 15 is 0 Å². The topological polar surface area (TPSA) is 71.3 Å². The van der Waals surface area contributed by atoms with Gasteiger partial charge in [0.2, 0.25) is 5.91 Å². The predicted molar refractivity (Wildman–Crippen MR) is 67.2 cm³/mol. The fourth-order valence-corrected chi connectivity index (χ4v) is 2.46. The summed E-state index contributed by atoms with van der Waals surface area (Å²) in [5, 5.41) is 7.86. The van der Waals surface area contributed by atoms with Crippen LogP contribution < -0.4 is 9.64 Å². The molecule has 98 valence electrons. The van der Waals surface area contributed by atoms with E-state index in [4.69, 9.17) is 4.74 Å². The second-order valence-electron chi connectivity index (χ2n) is 4.66. The lowest BCUT2D eigenvalue weighted by Gasteiger charge is -2.17. The van der Waals surface area contributed by atoms with Crippen molar-refractivity contribution in [2.75, 3.05) is 18.6 Å². The second-order valence-corrected chi connectivity index (χ2v) is 4.66. The van der Waals surface area contributed by atoms with Crippen molar-refractivity contribution in [1.29, 1.82) is 0 Å². The fraction of sp³-hybridized carbons (Fsp3) is 0.385. The first-order valence-electron chi connectivity index (χ1n) is 6.06. The molecular weight excluding hydrogens is 246 g/mol. The Labute approximate surface area is 110 Å². The molecule has 2 aliphatic rings. The van der Waals surface area contributed by atoms with Gasteiger partial charge in [0.1, 0.15) is 5.75 Å². The number of hydrogen-bond donors (Lipinski definition) is 0. The van der Waals surface area contributed by atoms with Gasteiger partial charge in [0.25, 0.3) is 5.91 Å². The molecular formula is C13H13N3O3. The van der Waals surface area contributed by atoms with Gasteiger partial charge in [0.05, 0.1) is 25.8 Å². The largest absolute Gasteiger partial charge is 0.497 e. The van der Waals surface area contributed by atoms with Crippen molar-refractivity contribution in [3.8, 4) is 5.75 Å². The molecule has 1 unspecified atom stereocenters. The number of anilines is 1. The Hall–Kier alpha value is -2.24. The molecule has 1 aromatic rings. The lowest BCUT2D eigenvalue weighted by atomic mass is 9.96. The number of nitrogens with zero attached hydrogens (tertiary/aromatic N) is 3. The Morgan fingerprint density at radius 1 is 1.26 bits per heavy atom. The average molecular weight is 259 g/mol. The number of imide groups is 1. The van der Waals surface area contributed by atoms with Crippen molar-refractivity contribution in [1.82, 2.24) is 0 Å². The van der Waals surface area contributed by atoms with Crippen LogP contribution in [0.4, 0.5) is 5.69 Å². The number of methoxy groups -OCH3 is 1. The second kappa shape index (κ2) is 4.15. The van der Waals surface area contributed by atoms with E-state index < -0.39 is 5.54 Å². The summed E-state index contributed by atoms with van der Waals surface area (Å²) in [6.07, 6.45) is 0.631. The van der Waals surface area contributed by atoms with Crippen LogP contribution in [0.1, 0.15) is 12.8 Å². The highest BCUT2D eigenvalue weighted by molar-refractivity contribution is 6.24. The summed E-state index contributed by atoms with van der Waals surface area (Å²) in [7, 11) is 1.56. The van der Waals surface area contributed by atoms with Gasteiger partial charge in [-0.05, 0) is 24.3 Å². The summed E-state index contributed by atoms with van der Waals surface area (Å²) in [6.45, 7) is 0.509. The molecule has 6 nitrogen and oxygen atoms in total. The molecule has 3 rings (SSSR count). The molecule has 1 atom stereocenters. The van der Waals surface area contributed by atoms with Crippen LogP contribution in [0, 0.1) is 0 Å². The quantitative estimate of drug-likeness (QED) is 0.756. The highest BCUT2D eigenvalue weighted by Gasteiger charge is 2.54. The Balaban J connectivity index is 1.94. The van der Waals surface area contributed by atoms with E-state index in [0.717, 1.165) is 0 Å². The maximum Gasteiger partial charge on any atom is 0.264 e. The van der Waals surface area contributed by atoms with Gasteiger partial charge in [-0.15, -0.1) is 0 Å². The zero-order valence-electron chi connectivity index (χ0n) is 10.5. The summed E-state index contributed by atoms with van der Waals surface area (Å²) in [5.74, 6) is 0.179. The van der Waals surface area contributed by atoms with Crippen LogP contribution in [0.3, 0.4) is 0 Å². The van der Waals surface area contributed by atoms with Gasteiger partial charge < -0.3 is 4.74 Å². The summed E-state index contributed by atoms with van der Waals surface area (Å²) in [6, 6.07) is 6.83. The minimum atomic E-state index is -0.947. The van der Waals surface area contributed by atoms with E-state index in [1.54, 1.807) is 31.4 Å². The Morgan fingerprint density at radius 3 is 2.58 bits per heavy atom. The molecule has 2 heterocycles. The van der Waals surface area contributed by atoms with Gasteiger partial charge in [0.15, 0.2) is 5.54 Å². The van der Waals surface area contributed by atoms with Crippen molar-refractivity contribution in [3.05, 3.63) is 24.3 Å². The molecule has 0 N–H and O–H groups in total. The lowest BCUT2D eigenvalue weighted by molar-refractivity contribution is -0.122. The first-order valence-corrected chi connectivity index (χ1v) is 6.06. The number of benzene rings is 1. The molecule has 19 heavy (non-hydrogen) atoms. The first kappa shape index (κ1) is 11.8. The van der Waals surface area contributed by atoms with E-state index in [-0.39, 0.29) is 18.2 Å². The van der Waals surface area contributed by atoms with Gasteiger partial charge in [-0.3, -0.25) is 9.59 Å². The third-order valence-corrected chi connectivity index (χ3v) is 3.51. The monoisotopic (exact) mass is 259 g/mol. The van der Waals surface area contributed by atoms with E-state index in [9.17, 15) is 9.59 Å². The number of rotatable bonds is 2. The molecule has 1 spiro atoms. The highest BCUT2D eigenvalue weighted by Crippen LogP contribution is 2.37. The lowest BCUT2D eigenvalue weighted by Crippen LogP contribution is -2.38. The standard InChI is InChI=1S/C13H13N3O3/c1-19-10-4-2-9(3-5-10)16-11(17)8-13(12(16)18)6-7-14-15-13/h2-5H,6-8H2,1H3. The number of amides is 2. The molecule has 0 saturated carbocycles. The molecule has 0 aliphatic carbocycles. The summed E-state index contributed by atoms with van der Waals surface area (Å²) < 4.78 is 5.06. The number of azo groups is 1. The SMILES string of the molecule is COc1ccc(N2C(=O)CC3(CCN=N3)C2=O)cc1. The van der Waals surface area contributed by atoms with Gasteiger partial charge in [-0.1, -0.05) is 0 Å². The molecule has 6 heteroatoms. The normalized spacial score (nSPS) is 25.6. The van der Waals surface area contributed by atoms with E-state index in [1.807, 2.05) is 0 Å². The van der Waals surface area contributed by atoms with Crippen LogP contribution in [-0.4, -0.2) is 31.0 Å². The third-order valence-electron chi connectivity index (χ3n) is 3.51. The maximum absolute atomic E-state index is 12.4. The highest BCUT2D eigenvalue weighted by atomic mass is 16.5. The van der Waals surface area contributed by atoms with Crippen molar-refractivity contribution in [2.45, 2.75) is 18.4 Å². The molecule has 0 radical (unpaired) electrons. The zero-order chi connectivity index (χ0) is 13.5. The van der Waals surface area contributed by atoms with Crippen LogP contribution in [0.5, 0.6) is 5.75 Å². The maximum atomic E-state index is 12.4. The Bertz CT molecular complexity index is 567. The average Bonchev–Trinajstić information content (AvgIpc) is 2.97. The summed E-state index contributed by atoms with van der Waals surface area (Å²) in [4.78, 5) is 25.7. The van der Waals surface area contributed by atoms with Crippen molar-refractivity contribution in [3.63, 3.8) is 0 Å². The van der Waals surface area contributed by atoms with Crippen molar-refractivity contribution >= 4 is 17.5 Å². The van der Waals surface area contributed by atoms with Gasteiger partial charge in [-0.2, -0.15) is 10.2 Å². The number of hydrogen-bond acceptors (Lipinski definition) is 5. The van der Waals surface area contributed by atoms with E-state index in [2.05, 4.69) is 10.2 Å². The van der Waals surface area contributed by atoms with Crippen LogP contribution >= 0.6 is 0 Å². The molecule has 0 aromatic heterocycles. The number of carbonyl (C=O) groups is 2. The summed E-state index contributed by atoms with van der Waals surface area (Å²) in [5.41, 5.74) is -0.397. The van der Waals surface area contributed by atoms with Gasteiger partial charge >= 0.3 is 0 Å². The van der Waals surface area contributed by atoms with Gasteiger partial charge in [-0.25, -0.2) is 4.90 Å². The van der Waals surface area contributed by atoms with Crippen molar-refractivity contribution in [2.24, 2.45) is 10.2 Å². The molecule has 1 aromatic carbocycles. The van der Waals surface area contributed by atoms with Crippen LogP contribution in [-0.2, 0) is 9.59 Å². The minimum Gasteiger partial charge on any atom is -0.497 e. The van der Waals surface area contributed by atoms with Gasteiger partial charge in [0, 0.05) is 6.42 Å². The Kier molecular flexibility index (Phi) is 2.58. The van der Waals surface area contributed by atoms with Crippen LogP contribution in [0.15, 0.2) is 34.5 Å². The van der Waals surface area contributed by atoms with Crippen LogP contribution in [0.2, 0.25) is 0 Å². The predicted octanol–water partition coefficient (Wildman–Crippen LogP) is 1.55. The summed E-state index contributed by atoms with van der Waals surface area (Å²) >= 11 is 0. The van der Waals surface area contributed by atoms with E-state index in [1.165, 1.54) is 4.90 Å². The number of ether oxygens (including phenoxy) is 1. The smallest absolute Gasteiger partial charge is 0.264 e. The van der Waals surface area contributed by atoms with Crippen molar-refractivity contribution < 1.29 is 14.3 Å². The number of carbonyl (C=O) groups excluding carboxylic acids is 2. The zero-order valence-corrected chi connectivity index (χ0v) is 10.5. The minimum absolute atomic E-state index is 0.112.